The van der Waals surface area contributed by atoms with E-state index in [0.29, 0.717) is 11.4 Å². The van der Waals surface area contributed by atoms with Gasteiger partial charge in [-0.3, -0.25) is 4.68 Å². The summed E-state index contributed by atoms with van der Waals surface area (Å²) in [6.07, 6.45) is 0.933. The molecule has 0 atom stereocenters. The summed E-state index contributed by atoms with van der Waals surface area (Å²) < 4.78 is 2.01. The number of nitrogens with zero attached hydrogens (tertiary/aromatic N) is 4. The van der Waals surface area contributed by atoms with Gasteiger partial charge < -0.3 is 5.32 Å². The first-order chi connectivity index (χ1) is 9.60. The topological polar surface area (TPSA) is 66.5 Å². The molecule has 0 saturated heterocycles. The van der Waals surface area contributed by atoms with E-state index in [9.17, 15) is 0 Å². The highest BCUT2D eigenvalue weighted by Crippen LogP contribution is 2.12. The zero-order chi connectivity index (χ0) is 14.5. The van der Waals surface area contributed by atoms with Crippen LogP contribution in [-0.2, 0) is 6.54 Å². The SMILES string of the molecule is Cc1ccc(C#N)c(NCCCn2nc(C)cc2C)n1. The van der Waals surface area contributed by atoms with E-state index >= 15 is 0 Å². The van der Waals surface area contributed by atoms with Gasteiger partial charge in [0.1, 0.15) is 11.9 Å². The largest absolute Gasteiger partial charge is 0.369 e. The molecule has 2 rings (SSSR count). The highest BCUT2D eigenvalue weighted by molar-refractivity contribution is 5.52. The Labute approximate surface area is 119 Å². The Morgan fingerprint density at radius 1 is 1.25 bits per heavy atom. The van der Waals surface area contributed by atoms with Crippen LogP contribution >= 0.6 is 0 Å². The van der Waals surface area contributed by atoms with Gasteiger partial charge >= 0.3 is 0 Å². The van der Waals surface area contributed by atoms with Crippen LogP contribution in [0.25, 0.3) is 0 Å². The third-order valence-corrected chi connectivity index (χ3v) is 3.10. The van der Waals surface area contributed by atoms with Crippen LogP contribution < -0.4 is 5.32 Å². The van der Waals surface area contributed by atoms with Crippen molar-refractivity contribution >= 4 is 5.82 Å². The molecule has 2 aromatic rings. The molecule has 0 unspecified atom stereocenters. The van der Waals surface area contributed by atoms with Crippen molar-refractivity contribution in [2.75, 3.05) is 11.9 Å². The van der Waals surface area contributed by atoms with E-state index in [1.165, 1.54) is 5.69 Å². The number of anilines is 1. The van der Waals surface area contributed by atoms with E-state index in [0.717, 1.165) is 30.9 Å². The summed E-state index contributed by atoms with van der Waals surface area (Å²) in [7, 11) is 0. The second-order valence-electron chi connectivity index (χ2n) is 4.89. The van der Waals surface area contributed by atoms with Crippen molar-refractivity contribution in [1.82, 2.24) is 14.8 Å². The van der Waals surface area contributed by atoms with Crippen LogP contribution in [-0.4, -0.2) is 21.3 Å². The molecule has 1 N–H and O–H groups in total. The molecule has 0 fully saturated rings. The molecule has 0 saturated carbocycles. The Balaban J connectivity index is 1.89. The van der Waals surface area contributed by atoms with Gasteiger partial charge in [0.05, 0.1) is 11.3 Å². The lowest BCUT2D eigenvalue weighted by Crippen LogP contribution is -2.10. The van der Waals surface area contributed by atoms with Crippen LogP contribution in [0.4, 0.5) is 5.82 Å². The van der Waals surface area contributed by atoms with E-state index < -0.39 is 0 Å². The third-order valence-electron chi connectivity index (χ3n) is 3.10. The van der Waals surface area contributed by atoms with Crippen molar-refractivity contribution < 1.29 is 0 Å². The normalized spacial score (nSPS) is 10.3. The molecule has 0 radical (unpaired) electrons. The summed E-state index contributed by atoms with van der Waals surface area (Å²) in [4.78, 5) is 4.35. The monoisotopic (exact) mass is 269 g/mol. The van der Waals surface area contributed by atoms with Crippen LogP contribution in [0.2, 0.25) is 0 Å². The van der Waals surface area contributed by atoms with Crippen LogP contribution in [0.15, 0.2) is 18.2 Å². The first-order valence-electron chi connectivity index (χ1n) is 6.73. The van der Waals surface area contributed by atoms with Gasteiger partial charge in [-0.05, 0) is 45.4 Å². The summed E-state index contributed by atoms with van der Waals surface area (Å²) in [5.74, 6) is 0.667. The lowest BCUT2D eigenvalue weighted by Gasteiger charge is -2.08. The summed E-state index contributed by atoms with van der Waals surface area (Å²) in [6, 6.07) is 7.87. The molecule has 5 heteroatoms. The minimum absolute atomic E-state index is 0.585. The van der Waals surface area contributed by atoms with Crippen molar-refractivity contribution in [3.8, 4) is 6.07 Å². The summed E-state index contributed by atoms with van der Waals surface area (Å²) in [5, 5.41) is 16.7. The quantitative estimate of drug-likeness (QED) is 0.847. The number of nitrogens with one attached hydrogen (secondary N) is 1. The number of rotatable bonds is 5. The maximum atomic E-state index is 9.04. The zero-order valence-electron chi connectivity index (χ0n) is 12.1. The fraction of sp³-hybridized carbons (Fsp3) is 0.400. The van der Waals surface area contributed by atoms with E-state index in [1.54, 1.807) is 6.07 Å². The lowest BCUT2D eigenvalue weighted by atomic mass is 10.2. The molecule has 0 aliphatic carbocycles. The van der Waals surface area contributed by atoms with Crippen LogP contribution in [0.5, 0.6) is 0 Å². The molecular weight excluding hydrogens is 250 g/mol. The van der Waals surface area contributed by atoms with Crippen LogP contribution in [0.3, 0.4) is 0 Å². The molecular formula is C15H19N5. The summed E-state index contributed by atoms with van der Waals surface area (Å²) in [5.41, 5.74) is 3.71. The van der Waals surface area contributed by atoms with Crippen molar-refractivity contribution in [3.63, 3.8) is 0 Å². The Morgan fingerprint density at radius 3 is 2.70 bits per heavy atom. The number of aromatic nitrogens is 3. The van der Waals surface area contributed by atoms with Gasteiger partial charge in [0.25, 0.3) is 0 Å². The number of hydrogen-bond donors (Lipinski definition) is 1. The number of aryl methyl sites for hydroxylation is 4. The van der Waals surface area contributed by atoms with Crippen molar-refractivity contribution in [3.05, 3.63) is 40.8 Å². The molecule has 0 bridgehead atoms. The summed E-state index contributed by atoms with van der Waals surface area (Å²) in [6.45, 7) is 7.60. The molecule has 2 aromatic heterocycles. The maximum Gasteiger partial charge on any atom is 0.144 e. The van der Waals surface area contributed by atoms with Gasteiger partial charge in [-0.15, -0.1) is 0 Å². The summed E-state index contributed by atoms with van der Waals surface area (Å²) >= 11 is 0. The second kappa shape index (κ2) is 6.20. The first kappa shape index (κ1) is 14.1. The predicted molar refractivity (Wildman–Crippen MR) is 78.5 cm³/mol. The fourth-order valence-electron chi connectivity index (χ4n) is 2.12. The number of hydrogen-bond acceptors (Lipinski definition) is 4. The molecule has 2 heterocycles. The van der Waals surface area contributed by atoms with Crippen molar-refractivity contribution in [1.29, 1.82) is 5.26 Å². The Kier molecular flexibility index (Phi) is 4.36. The Bertz CT molecular complexity index is 636. The average Bonchev–Trinajstić information content (AvgIpc) is 2.73. The molecule has 0 spiro atoms. The Morgan fingerprint density at radius 2 is 2.05 bits per heavy atom. The number of pyridine rings is 1. The molecule has 0 aliphatic heterocycles. The molecule has 0 amide bonds. The zero-order valence-corrected chi connectivity index (χ0v) is 12.1. The van der Waals surface area contributed by atoms with Gasteiger partial charge in [-0.25, -0.2) is 4.98 Å². The van der Waals surface area contributed by atoms with Gasteiger partial charge in [-0.2, -0.15) is 10.4 Å². The minimum atomic E-state index is 0.585. The maximum absolute atomic E-state index is 9.04. The first-order valence-corrected chi connectivity index (χ1v) is 6.73. The van der Waals surface area contributed by atoms with Crippen molar-refractivity contribution in [2.24, 2.45) is 0 Å². The highest BCUT2D eigenvalue weighted by Gasteiger charge is 2.04. The average molecular weight is 269 g/mol. The fourth-order valence-corrected chi connectivity index (χ4v) is 2.12. The van der Waals surface area contributed by atoms with E-state index in [2.05, 4.69) is 34.5 Å². The smallest absolute Gasteiger partial charge is 0.144 e. The van der Waals surface area contributed by atoms with E-state index in [4.69, 9.17) is 5.26 Å². The molecule has 5 nitrogen and oxygen atoms in total. The van der Waals surface area contributed by atoms with Gasteiger partial charge in [-0.1, -0.05) is 0 Å². The van der Waals surface area contributed by atoms with E-state index in [1.807, 2.05) is 24.6 Å². The molecule has 20 heavy (non-hydrogen) atoms. The number of nitriles is 1. The lowest BCUT2D eigenvalue weighted by molar-refractivity contribution is 0.573. The minimum Gasteiger partial charge on any atom is -0.369 e. The standard InChI is InChI=1S/C15H19N5/c1-11-5-6-14(10-16)15(18-11)17-7-4-8-20-13(3)9-12(2)19-20/h5-6,9H,4,7-8H2,1-3H3,(H,17,18). The molecule has 0 aliphatic rings. The second-order valence-corrected chi connectivity index (χ2v) is 4.89. The van der Waals surface area contributed by atoms with Crippen LogP contribution in [0, 0.1) is 32.1 Å². The van der Waals surface area contributed by atoms with Crippen molar-refractivity contribution in [2.45, 2.75) is 33.7 Å². The van der Waals surface area contributed by atoms with Crippen LogP contribution in [0.1, 0.15) is 29.1 Å². The predicted octanol–water partition coefficient (Wildman–Crippen LogP) is 2.58. The van der Waals surface area contributed by atoms with Gasteiger partial charge in [0.15, 0.2) is 0 Å². The molecule has 0 aromatic carbocycles. The third kappa shape index (κ3) is 3.35. The van der Waals surface area contributed by atoms with E-state index in [-0.39, 0.29) is 0 Å². The molecule has 104 valence electrons. The highest BCUT2D eigenvalue weighted by atomic mass is 15.3. The van der Waals surface area contributed by atoms with Gasteiger partial charge in [0.2, 0.25) is 0 Å². The van der Waals surface area contributed by atoms with Gasteiger partial charge in [0, 0.05) is 24.5 Å². The Hall–Kier alpha value is -2.35.